The summed E-state index contributed by atoms with van der Waals surface area (Å²) in [5.74, 6) is -0.183. The second-order valence-electron chi connectivity index (χ2n) is 5.06. The van der Waals surface area contributed by atoms with Gasteiger partial charge in [-0.3, -0.25) is 4.79 Å². The van der Waals surface area contributed by atoms with E-state index in [0.717, 1.165) is 6.42 Å². The molecule has 0 atom stereocenters. The van der Waals surface area contributed by atoms with Crippen molar-refractivity contribution < 1.29 is 4.79 Å². The van der Waals surface area contributed by atoms with E-state index in [-0.39, 0.29) is 12.5 Å². The molecule has 0 heterocycles. The molecule has 0 aliphatic heterocycles. The molecule has 0 bridgehead atoms. The third kappa shape index (κ3) is 6.38. The first-order chi connectivity index (χ1) is 9.77. The van der Waals surface area contributed by atoms with Crippen LogP contribution >= 0.6 is 0 Å². The third-order valence-electron chi connectivity index (χ3n) is 3.36. The van der Waals surface area contributed by atoms with E-state index in [1.165, 1.54) is 44.1 Å². The highest BCUT2D eigenvalue weighted by molar-refractivity contribution is 5.94. The minimum atomic E-state index is -0.183. The number of benzene rings is 1. The van der Waals surface area contributed by atoms with Gasteiger partial charge in [0.25, 0.3) is 5.91 Å². The molecule has 0 aliphatic rings. The number of carbonyl (C=O) groups excluding carboxylic acids is 1. The van der Waals surface area contributed by atoms with Crippen molar-refractivity contribution in [3.63, 3.8) is 0 Å². The van der Waals surface area contributed by atoms with Gasteiger partial charge < -0.3 is 5.32 Å². The van der Waals surface area contributed by atoms with E-state index in [4.69, 9.17) is 5.26 Å². The number of aryl methyl sites for hydroxylation is 1. The predicted molar refractivity (Wildman–Crippen MR) is 81.5 cm³/mol. The summed E-state index contributed by atoms with van der Waals surface area (Å²) in [5.41, 5.74) is 1.89. The van der Waals surface area contributed by atoms with Crippen molar-refractivity contribution in [3.8, 4) is 6.07 Å². The first-order valence-corrected chi connectivity index (χ1v) is 7.52. The number of hydrogen-bond donors (Lipinski definition) is 1. The molecule has 20 heavy (non-hydrogen) atoms. The molecule has 0 radical (unpaired) electrons. The van der Waals surface area contributed by atoms with Crippen molar-refractivity contribution in [1.82, 2.24) is 5.32 Å². The molecule has 108 valence electrons. The summed E-state index contributed by atoms with van der Waals surface area (Å²) in [6.07, 6.45) is 8.86. The maximum atomic E-state index is 11.6. The quantitative estimate of drug-likeness (QED) is 0.548. The second-order valence-corrected chi connectivity index (χ2v) is 5.06. The molecule has 0 saturated heterocycles. The molecule has 0 aliphatic carbocycles. The highest BCUT2D eigenvalue weighted by Gasteiger charge is 2.03. The van der Waals surface area contributed by atoms with E-state index in [1.807, 2.05) is 30.3 Å². The highest BCUT2D eigenvalue weighted by Crippen LogP contribution is 2.11. The van der Waals surface area contributed by atoms with Crippen LogP contribution in [-0.2, 0) is 6.42 Å². The summed E-state index contributed by atoms with van der Waals surface area (Å²) in [6.45, 7) is 2.28. The van der Waals surface area contributed by atoms with Gasteiger partial charge in [-0.2, -0.15) is 5.26 Å². The molecule has 1 aromatic carbocycles. The van der Waals surface area contributed by atoms with E-state index < -0.39 is 0 Å². The number of nitriles is 1. The Morgan fingerprint density at radius 3 is 2.40 bits per heavy atom. The molecule has 1 rings (SSSR count). The Hall–Kier alpha value is -1.82. The van der Waals surface area contributed by atoms with Crippen molar-refractivity contribution in [2.24, 2.45) is 0 Å². The van der Waals surface area contributed by atoms with E-state index >= 15 is 0 Å². The zero-order valence-electron chi connectivity index (χ0n) is 12.3. The first-order valence-electron chi connectivity index (χ1n) is 7.52. The summed E-state index contributed by atoms with van der Waals surface area (Å²) < 4.78 is 0. The monoisotopic (exact) mass is 272 g/mol. The number of carbonyl (C=O) groups is 1. The molecule has 0 spiro atoms. The Balaban J connectivity index is 2.28. The average Bonchev–Trinajstić information content (AvgIpc) is 2.49. The van der Waals surface area contributed by atoms with Crippen LogP contribution in [0.15, 0.2) is 24.3 Å². The van der Waals surface area contributed by atoms with Gasteiger partial charge in [0.05, 0.1) is 6.07 Å². The topological polar surface area (TPSA) is 52.9 Å². The molecule has 0 fully saturated rings. The van der Waals surface area contributed by atoms with Gasteiger partial charge in [-0.15, -0.1) is 0 Å². The van der Waals surface area contributed by atoms with Crippen molar-refractivity contribution in [2.45, 2.75) is 51.9 Å². The van der Waals surface area contributed by atoms with Crippen LogP contribution in [0.2, 0.25) is 0 Å². The molecule has 3 heteroatoms. The van der Waals surface area contributed by atoms with Crippen molar-refractivity contribution in [3.05, 3.63) is 35.4 Å². The number of rotatable bonds is 9. The maximum Gasteiger partial charge on any atom is 0.252 e. The molecule has 0 unspecified atom stereocenters. The van der Waals surface area contributed by atoms with Crippen LogP contribution in [0.1, 0.15) is 61.4 Å². The van der Waals surface area contributed by atoms with Crippen LogP contribution in [0.25, 0.3) is 0 Å². The lowest BCUT2D eigenvalue weighted by Gasteiger charge is -2.04. The Bertz CT molecular complexity index is 431. The van der Waals surface area contributed by atoms with Gasteiger partial charge in [0.15, 0.2) is 0 Å². The summed E-state index contributed by atoms with van der Waals surface area (Å²) in [7, 11) is 0. The number of unbranched alkanes of at least 4 members (excludes halogenated alkanes) is 5. The zero-order valence-corrected chi connectivity index (χ0v) is 12.3. The Morgan fingerprint density at radius 2 is 1.75 bits per heavy atom. The fraction of sp³-hybridized carbons (Fsp3) is 0.529. The molecular weight excluding hydrogens is 248 g/mol. The van der Waals surface area contributed by atoms with E-state index in [2.05, 4.69) is 12.2 Å². The molecule has 3 nitrogen and oxygen atoms in total. The smallest absolute Gasteiger partial charge is 0.252 e. The standard InChI is InChI=1S/C17H24N2O/c1-2-3-4-5-6-7-8-15-9-11-16(12-10-15)17(20)19-14-13-18/h9-12H,2-8,14H2,1H3,(H,19,20). The van der Waals surface area contributed by atoms with Crippen LogP contribution in [-0.4, -0.2) is 12.5 Å². The number of hydrogen-bond acceptors (Lipinski definition) is 2. The summed E-state index contributed by atoms with van der Waals surface area (Å²) >= 11 is 0. The molecule has 1 aromatic rings. The van der Waals surface area contributed by atoms with Crippen molar-refractivity contribution in [1.29, 1.82) is 5.26 Å². The minimum absolute atomic E-state index is 0.0539. The Labute approximate surface area is 122 Å². The van der Waals surface area contributed by atoms with Crippen LogP contribution in [0.3, 0.4) is 0 Å². The van der Waals surface area contributed by atoms with Gasteiger partial charge in [0.2, 0.25) is 0 Å². The largest absolute Gasteiger partial charge is 0.339 e. The van der Waals surface area contributed by atoms with Gasteiger partial charge in [-0.25, -0.2) is 0 Å². The average molecular weight is 272 g/mol. The van der Waals surface area contributed by atoms with Gasteiger partial charge in [0.1, 0.15) is 6.54 Å². The number of nitrogens with zero attached hydrogens (tertiary/aromatic N) is 1. The minimum Gasteiger partial charge on any atom is -0.339 e. The normalized spacial score (nSPS) is 10.0. The Kier molecular flexibility index (Phi) is 8.14. The van der Waals surface area contributed by atoms with Crippen LogP contribution in [0.5, 0.6) is 0 Å². The lowest BCUT2D eigenvalue weighted by Crippen LogP contribution is -2.23. The summed E-state index contributed by atoms with van der Waals surface area (Å²) in [5, 5.41) is 11.0. The van der Waals surface area contributed by atoms with E-state index in [9.17, 15) is 4.79 Å². The zero-order chi connectivity index (χ0) is 14.6. The van der Waals surface area contributed by atoms with Crippen LogP contribution < -0.4 is 5.32 Å². The van der Waals surface area contributed by atoms with Crippen LogP contribution in [0.4, 0.5) is 0 Å². The highest BCUT2D eigenvalue weighted by atomic mass is 16.1. The number of amides is 1. The van der Waals surface area contributed by atoms with Gasteiger partial charge in [-0.1, -0.05) is 51.2 Å². The first kappa shape index (κ1) is 16.2. The van der Waals surface area contributed by atoms with Crippen molar-refractivity contribution in [2.75, 3.05) is 6.54 Å². The SMILES string of the molecule is CCCCCCCCc1ccc(C(=O)NCC#N)cc1. The molecule has 0 aromatic heterocycles. The second kappa shape index (κ2) is 10.0. The molecule has 0 saturated carbocycles. The molecule has 1 amide bonds. The summed E-state index contributed by atoms with van der Waals surface area (Å²) in [6, 6.07) is 9.58. The van der Waals surface area contributed by atoms with Crippen LogP contribution in [0, 0.1) is 11.3 Å². The van der Waals surface area contributed by atoms with E-state index in [0.29, 0.717) is 5.56 Å². The lowest BCUT2D eigenvalue weighted by molar-refractivity contribution is 0.0958. The summed E-state index contributed by atoms with van der Waals surface area (Å²) in [4.78, 5) is 11.6. The third-order valence-corrected chi connectivity index (χ3v) is 3.36. The fourth-order valence-corrected chi connectivity index (χ4v) is 2.15. The lowest BCUT2D eigenvalue weighted by atomic mass is 10.0. The fourth-order valence-electron chi connectivity index (χ4n) is 2.15. The molecule has 1 N–H and O–H groups in total. The van der Waals surface area contributed by atoms with Gasteiger partial charge in [-0.05, 0) is 30.5 Å². The Morgan fingerprint density at radius 1 is 1.10 bits per heavy atom. The molecular formula is C17H24N2O. The predicted octanol–water partition coefficient (Wildman–Crippen LogP) is 3.84. The van der Waals surface area contributed by atoms with Crippen molar-refractivity contribution >= 4 is 5.91 Å². The van der Waals surface area contributed by atoms with Gasteiger partial charge in [0, 0.05) is 5.56 Å². The number of nitrogens with one attached hydrogen (secondary N) is 1. The maximum absolute atomic E-state index is 11.6. The van der Waals surface area contributed by atoms with Gasteiger partial charge >= 0.3 is 0 Å². The van der Waals surface area contributed by atoms with E-state index in [1.54, 1.807) is 0 Å².